The van der Waals surface area contributed by atoms with Crippen LogP contribution in [0.25, 0.3) is 0 Å². The van der Waals surface area contributed by atoms with Gasteiger partial charge in [-0.3, -0.25) is 4.99 Å². The number of aliphatic imine (C=N–C) groups is 1. The summed E-state index contributed by atoms with van der Waals surface area (Å²) in [7, 11) is 3.44. The van der Waals surface area contributed by atoms with Crippen LogP contribution in [0.3, 0.4) is 0 Å². The molecule has 0 bridgehead atoms. The number of methoxy groups -OCH3 is 1. The Bertz CT molecular complexity index is 749. The molecule has 0 saturated heterocycles. The smallest absolute Gasteiger partial charge is 0.195 e. The number of anilines is 1. The fraction of sp³-hybridized carbons (Fsp3) is 0.500. The van der Waals surface area contributed by atoms with Gasteiger partial charge in [-0.15, -0.1) is 34.2 Å². The van der Waals surface area contributed by atoms with E-state index in [1.54, 1.807) is 14.2 Å². The maximum Gasteiger partial charge on any atom is 0.195 e. The van der Waals surface area contributed by atoms with Gasteiger partial charge in [0.25, 0.3) is 0 Å². The molecule has 3 rings (SSSR count). The third-order valence-corrected chi connectivity index (χ3v) is 4.18. The molecule has 1 aromatic heterocycles. The quantitative estimate of drug-likeness (QED) is 0.258. The van der Waals surface area contributed by atoms with Gasteiger partial charge in [-0.25, -0.2) is 0 Å². The SMILES string of the molecule is CN=C(NCc1nnc2n1CCC2)Nc1cccc(OCCCOC)c1.I. The number of benzene rings is 1. The highest BCUT2D eigenvalue weighted by Gasteiger charge is 2.17. The largest absolute Gasteiger partial charge is 0.493 e. The van der Waals surface area contributed by atoms with Crippen LogP contribution >= 0.6 is 24.0 Å². The van der Waals surface area contributed by atoms with Crippen LogP contribution in [0.4, 0.5) is 5.69 Å². The number of nitrogens with one attached hydrogen (secondary N) is 2. The lowest BCUT2D eigenvalue weighted by Crippen LogP contribution is -2.31. The van der Waals surface area contributed by atoms with Gasteiger partial charge in [-0.1, -0.05) is 6.07 Å². The van der Waals surface area contributed by atoms with Gasteiger partial charge in [0.2, 0.25) is 0 Å². The Balaban J connectivity index is 0.00000261. The standard InChI is InChI=1S/C18H26N6O2.HI/c1-19-18(20-13-17-23-22-16-8-4-9-24(16)17)21-14-6-3-7-15(12-14)26-11-5-10-25-2;/h3,6-7,12H,4-5,8-11,13H2,1-2H3,(H2,19,20,21);1H. The number of aryl methyl sites for hydroxylation is 1. The first-order chi connectivity index (χ1) is 12.8. The molecule has 0 atom stereocenters. The molecule has 0 spiro atoms. The van der Waals surface area contributed by atoms with E-state index in [-0.39, 0.29) is 24.0 Å². The van der Waals surface area contributed by atoms with Crippen molar-refractivity contribution in [3.8, 4) is 5.75 Å². The number of halogens is 1. The molecule has 2 aromatic rings. The van der Waals surface area contributed by atoms with Gasteiger partial charge in [0, 0.05) is 51.9 Å². The number of ether oxygens (including phenoxy) is 2. The molecule has 9 heteroatoms. The van der Waals surface area contributed by atoms with Crippen LogP contribution in [-0.4, -0.2) is 48.1 Å². The fourth-order valence-corrected chi connectivity index (χ4v) is 2.88. The van der Waals surface area contributed by atoms with Crippen LogP contribution in [0.1, 0.15) is 24.5 Å². The molecule has 0 aliphatic carbocycles. The predicted octanol–water partition coefficient (Wildman–Crippen LogP) is 2.45. The van der Waals surface area contributed by atoms with Gasteiger partial charge in [-0.05, 0) is 18.6 Å². The summed E-state index contributed by atoms with van der Waals surface area (Å²) in [5.74, 6) is 3.51. The summed E-state index contributed by atoms with van der Waals surface area (Å²) in [6.45, 7) is 2.90. The lowest BCUT2D eigenvalue weighted by atomic mass is 10.3. The normalized spacial score (nSPS) is 13.0. The molecule has 0 radical (unpaired) electrons. The van der Waals surface area contributed by atoms with Gasteiger partial charge in [0.05, 0.1) is 13.2 Å². The summed E-state index contributed by atoms with van der Waals surface area (Å²) in [4.78, 5) is 4.27. The van der Waals surface area contributed by atoms with E-state index >= 15 is 0 Å². The van der Waals surface area contributed by atoms with Crippen molar-refractivity contribution in [2.75, 3.05) is 32.7 Å². The minimum Gasteiger partial charge on any atom is -0.493 e. The summed E-state index contributed by atoms with van der Waals surface area (Å²) >= 11 is 0. The Labute approximate surface area is 176 Å². The lowest BCUT2D eigenvalue weighted by Gasteiger charge is -2.13. The number of hydrogen-bond acceptors (Lipinski definition) is 5. The molecule has 27 heavy (non-hydrogen) atoms. The minimum absolute atomic E-state index is 0. The third-order valence-electron chi connectivity index (χ3n) is 4.18. The summed E-state index contributed by atoms with van der Waals surface area (Å²) in [6, 6.07) is 7.82. The summed E-state index contributed by atoms with van der Waals surface area (Å²) in [5.41, 5.74) is 0.911. The van der Waals surface area contributed by atoms with Crippen molar-refractivity contribution in [2.45, 2.75) is 32.4 Å². The number of fused-ring (bicyclic) bond motifs is 1. The van der Waals surface area contributed by atoms with E-state index in [2.05, 4.69) is 30.4 Å². The molecular weight excluding hydrogens is 459 g/mol. The first-order valence-electron chi connectivity index (χ1n) is 8.90. The second-order valence-corrected chi connectivity index (χ2v) is 6.06. The van der Waals surface area contributed by atoms with Crippen LogP contribution in [0.15, 0.2) is 29.3 Å². The van der Waals surface area contributed by atoms with Crippen molar-refractivity contribution in [1.29, 1.82) is 0 Å². The number of rotatable bonds is 8. The molecule has 2 N–H and O–H groups in total. The molecule has 0 unspecified atom stereocenters. The van der Waals surface area contributed by atoms with Crippen molar-refractivity contribution < 1.29 is 9.47 Å². The summed E-state index contributed by atoms with van der Waals surface area (Å²) in [5, 5.41) is 15.0. The zero-order chi connectivity index (χ0) is 18.2. The van der Waals surface area contributed by atoms with Gasteiger partial charge >= 0.3 is 0 Å². The van der Waals surface area contributed by atoms with Gasteiger partial charge < -0.3 is 24.7 Å². The van der Waals surface area contributed by atoms with E-state index in [4.69, 9.17) is 9.47 Å². The first kappa shape index (κ1) is 21.4. The Morgan fingerprint density at radius 3 is 3.00 bits per heavy atom. The lowest BCUT2D eigenvalue weighted by molar-refractivity contribution is 0.172. The zero-order valence-electron chi connectivity index (χ0n) is 15.8. The van der Waals surface area contributed by atoms with Gasteiger partial charge in [0.1, 0.15) is 11.6 Å². The highest BCUT2D eigenvalue weighted by molar-refractivity contribution is 14.0. The van der Waals surface area contributed by atoms with E-state index in [0.29, 0.717) is 25.7 Å². The molecule has 0 amide bonds. The highest BCUT2D eigenvalue weighted by atomic mass is 127. The maximum absolute atomic E-state index is 5.73. The molecule has 148 valence electrons. The molecule has 1 aliphatic heterocycles. The topological polar surface area (TPSA) is 85.6 Å². The number of nitrogens with zero attached hydrogens (tertiary/aromatic N) is 4. The molecule has 0 fully saturated rings. The molecule has 1 aromatic carbocycles. The zero-order valence-corrected chi connectivity index (χ0v) is 18.1. The average Bonchev–Trinajstić information content (AvgIpc) is 3.27. The van der Waals surface area contributed by atoms with Crippen LogP contribution < -0.4 is 15.4 Å². The summed E-state index contributed by atoms with van der Waals surface area (Å²) < 4.78 is 12.9. The first-order valence-corrected chi connectivity index (χ1v) is 8.90. The summed E-state index contributed by atoms with van der Waals surface area (Å²) in [6.07, 6.45) is 3.01. The van der Waals surface area contributed by atoms with Crippen molar-refractivity contribution in [3.05, 3.63) is 35.9 Å². The third kappa shape index (κ3) is 6.06. The van der Waals surface area contributed by atoms with Crippen molar-refractivity contribution >= 4 is 35.6 Å². The van der Waals surface area contributed by atoms with Crippen LogP contribution in [0.2, 0.25) is 0 Å². The average molecular weight is 486 g/mol. The Kier molecular flexibility index (Phi) is 8.79. The Morgan fingerprint density at radius 1 is 1.30 bits per heavy atom. The van der Waals surface area contributed by atoms with E-state index in [1.165, 1.54) is 0 Å². The van der Waals surface area contributed by atoms with Crippen LogP contribution in [0.5, 0.6) is 5.75 Å². The van der Waals surface area contributed by atoms with Gasteiger partial charge in [-0.2, -0.15) is 0 Å². The van der Waals surface area contributed by atoms with Crippen molar-refractivity contribution in [1.82, 2.24) is 20.1 Å². The predicted molar refractivity (Wildman–Crippen MR) is 116 cm³/mol. The van der Waals surface area contributed by atoms with Crippen LogP contribution in [-0.2, 0) is 24.2 Å². The second kappa shape index (κ2) is 11.1. The number of aromatic nitrogens is 3. The van der Waals surface area contributed by atoms with E-state index in [1.807, 2.05) is 24.3 Å². The molecule has 1 aliphatic rings. The van der Waals surface area contributed by atoms with Gasteiger partial charge in [0.15, 0.2) is 11.8 Å². The van der Waals surface area contributed by atoms with Crippen molar-refractivity contribution in [3.63, 3.8) is 0 Å². The minimum atomic E-state index is 0. The van der Waals surface area contributed by atoms with E-state index in [0.717, 1.165) is 48.9 Å². The fourth-order valence-electron chi connectivity index (χ4n) is 2.88. The molecule has 0 saturated carbocycles. The van der Waals surface area contributed by atoms with Crippen LogP contribution in [0, 0.1) is 0 Å². The highest BCUT2D eigenvalue weighted by Crippen LogP contribution is 2.18. The maximum atomic E-state index is 5.73. The number of hydrogen-bond donors (Lipinski definition) is 2. The number of guanidine groups is 1. The van der Waals surface area contributed by atoms with E-state index < -0.39 is 0 Å². The Hall–Kier alpha value is -1.88. The molecule has 2 heterocycles. The Morgan fingerprint density at radius 2 is 2.19 bits per heavy atom. The molecular formula is C18H27IN6O2. The van der Waals surface area contributed by atoms with Crippen molar-refractivity contribution in [2.24, 2.45) is 4.99 Å². The monoisotopic (exact) mass is 486 g/mol. The van der Waals surface area contributed by atoms with E-state index in [9.17, 15) is 0 Å². The molecule has 8 nitrogen and oxygen atoms in total. The second-order valence-electron chi connectivity index (χ2n) is 6.06.